The van der Waals surface area contributed by atoms with Crippen molar-refractivity contribution in [1.82, 2.24) is 5.01 Å². The van der Waals surface area contributed by atoms with Gasteiger partial charge in [-0.05, 0) is 31.2 Å². The summed E-state index contributed by atoms with van der Waals surface area (Å²) in [5, 5.41) is 14.3. The molecule has 4 nitrogen and oxygen atoms in total. The molecule has 1 aromatic carbocycles. The van der Waals surface area contributed by atoms with Crippen molar-refractivity contribution in [2.45, 2.75) is 13.0 Å². The smallest absolute Gasteiger partial charge is 0.267 e. The molecule has 4 heteroatoms. The highest BCUT2D eigenvalue weighted by Crippen LogP contribution is 2.13. The number of nitrogens with zero attached hydrogens (tertiary/aromatic N) is 3. The Balaban J connectivity index is 2.31. The van der Waals surface area contributed by atoms with Crippen LogP contribution in [0.4, 0.5) is 0 Å². The molecule has 0 N–H and O–H groups in total. The lowest BCUT2D eigenvalue weighted by Gasteiger charge is -2.23. The number of carbonyl (C=O) groups is 1. The van der Waals surface area contributed by atoms with Crippen LogP contribution >= 0.6 is 0 Å². The van der Waals surface area contributed by atoms with E-state index in [0.717, 1.165) is 0 Å². The van der Waals surface area contributed by atoms with E-state index in [-0.39, 0.29) is 5.91 Å². The number of hydrogen-bond acceptors (Lipinski definition) is 3. The van der Waals surface area contributed by atoms with Gasteiger partial charge in [0.2, 0.25) is 0 Å². The number of nitriles is 1. The maximum atomic E-state index is 12.1. The standard InChI is InChI=1S/C13H11N3O/c1-10-7-8-12(9-14)16(15-10)13(17)11-5-3-2-4-6-11/h2-8,12H,1H3. The molecule has 84 valence electrons. The molecule has 0 fully saturated rings. The normalized spacial score (nSPS) is 18.5. The molecular weight excluding hydrogens is 214 g/mol. The number of allylic oxidation sites excluding steroid dienone is 1. The fourth-order valence-electron chi connectivity index (χ4n) is 1.56. The van der Waals surface area contributed by atoms with Gasteiger partial charge in [-0.2, -0.15) is 10.4 Å². The Morgan fingerprint density at radius 2 is 2.12 bits per heavy atom. The Kier molecular flexibility index (Phi) is 3.01. The van der Waals surface area contributed by atoms with Crippen molar-refractivity contribution in [2.75, 3.05) is 0 Å². The fourth-order valence-corrected chi connectivity index (χ4v) is 1.56. The number of hydrogen-bond donors (Lipinski definition) is 0. The lowest BCUT2D eigenvalue weighted by atomic mass is 10.1. The molecule has 1 aromatic rings. The molecule has 0 saturated heterocycles. The first-order valence-corrected chi connectivity index (χ1v) is 5.24. The molecule has 1 amide bonds. The minimum atomic E-state index is -0.633. The second-order valence-electron chi connectivity index (χ2n) is 3.69. The van der Waals surface area contributed by atoms with Crippen molar-refractivity contribution >= 4 is 11.6 Å². The Morgan fingerprint density at radius 1 is 1.41 bits per heavy atom. The summed E-state index contributed by atoms with van der Waals surface area (Å²) >= 11 is 0. The van der Waals surface area contributed by atoms with E-state index in [1.54, 1.807) is 43.3 Å². The largest absolute Gasteiger partial charge is 0.275 e. The van der Waals surface area contributed by atoms with Gasteiger partial charge in [0, 0.05) is 5.56 Å². The zero-order valence-electron chi connectivity index (χ0n) is 9.37. The average Bonchev–Trinajstić information content (AvgIpc) is 2.39. The molecule has 0 bridgehead atoms. The van der Waals surface area contributed by atoms with Gasteiger partial charge >= 0.3 is 0 Å². The summed E-state index contributed by atoms with van der Waals surface area (Å²) < 4.78 is 0. The zero-order chi connectivity index (χ0) is 12.3. The summed E-state index contributed by atoms with van der Waals surface area (Å²) in [6, 6.07) is 10.2. The lowest BCUT2D eigenvalue weighted by Crippen LogP contribution is -2.36. The summed E-state index contributed by atoms with van der Waals surface area (Å²) in [5.41, 5.74) is 1.24. The molecule has 0 radical (unpaired) electrons. The number of carbonyl (C=O) groups excluding carboxylic acids is 1. The van der Waals surface area contributed by atoms with Crippen molar-refractivity contribution in [3.05, 3.63) is 48.0 Å². The first-order valence-electron chi connectivity index (χ1n) is 5.24. The molecule has 1 atom stereocenters. The minimum absolute atomic E-state index is 0.263. The number of amides is 1. The van der Waals surface area contributed by atoms with E-state index < -0.39 is 6.04 Å². The first-order chi connectivity index (χ1) is 8.22. The van der Waals surface area contributed by atoms with Crippen molar-refractivity contribution < 1.29 is 4.79 Å². The third-order valence-corrected chi connectivity index (χ3v) is 2.41. The average molecular weight is 225 g/mol. The minimum Gasteiger partial charge on any atom is -0.267 e. The van der Waals surface area contributed by atoms with Crippen LogP contribution in [0.5, 0.6) is 0 Å². The number of hydrazone groups is 1. The van der Waals surface area contributed by atoms with E-state index in [1.165, 1.54) is 5.01 Å². The number of benzene rings is 1. The predicted octanol–water partition coefficient (Wildman–Crippen LogP) is 1.97. The maximum Gasteiger partial charge on any atom is 0.275 e. The molecule has 2 rings (SSSR count). The summed E-state index contributed by atoms with van der Waals surface area (Å²) in [5.74, 6) is -0.263. The Bertz CT molecular complexity index is 525. The molecule has 17 heavy (non-hydrogen) atoms. The van der Waals surface area contributed by atoms with Crippen molar-refractivity contribution in [3.63, 3.8) is 0 Å². The molecule has 1 unspecified atom stereocenters. The molecule has 0 saturated carbocycles. The Morgan fingerprint density at radius 3 is 2.76 bits per heavy atom. The van der Waals surface area contributed by atoms with Crippen LogP contribution in [0.25, 0.3) is 0 Å². The van der Waals surface area contributed by atoms with Gasteiger partial charge in [-0.25, -0.2) is 5.01 Å². The molecule has 1 aliphatic heterocycles. The van der Waals surface area contributed by atoms with Crippen LogP contribution < -0.4 is 0 Å². The van der Waals surface area contributed by atoms with Gasteiger partial charge in [0.15, 0.2) is 6.04 Å². The third-order valence-electron chi connectivity index (χ3n) is 2.41. The van der Waals surface area contributed by atoms with Crippen LogP contribution in [0.15, 0.2) is 47.6 Å². The summed E-state index contributed by atoms with van der Waals surface area (Å²) in [4.78, 5) is 12.1. The van der Waals surface area contributed by atoms with E-state index >= 15 is 0 Å². The first kappa shape index (κ1) is 11.1. The molecule has 0 spiro atoms. The van der Waals surface area contributed by atoms with Crippen molar-refractivity contribution in [1.29, 1.82) is 5.26 Å². The van der Waals surface area contributed by atoms with Crippen molar-refractivity contribution in [2.24, 2.45) is 5.10 Å². The molecule has 1 heterocycles. The van der Waals surface area contributed by atoms with Crippen LogP contribution in [0, 0.1) is 11.3 Å². The van der Waals surface area contributed by atoms with Crippen LogP contribution in [-0.2, 0) is 0 Å². The van der Waals surface area contributed by atoms with Gasteiger partial charge in [-0.3, -0.25) is 4.79 Å². The van der Waals surface area contributed by atoms with Crippen LogP contribution in [0.1, 0.15) is 17.3 Å². The highest BCUT2D eigenvalue weighted by Gasteiger charge is 2.24. The van der Waals surface area contributed by atoms with E-state index in [2.05, 4.69) is 5.10 Å². The molecule has 0 aromatic heterocycles. The lowest BCUT2D eigenvalue weighted by molar-refractivity contribution is 0.0746. The SMILES string of the molecule is CC1=NN(C(=O)c2ccccc2)C(C#N)C=C1. The third kappa shape index (κ3) is 2.23. The van der Waals surface area contributed by atoms with Gasteiger partial charge in [-0.1, -0.05) is 18.2 Å². The molecular formula is C13H11N3O. The Hall–Kier alpha value is -2.41. The zero-order valence-corrected chi connectivity index (χ0v) is 9.37. The van der Waals surface area contributed by atoms with Gasteiger partial charge in [-0.15, -0.1) is 0 Å². The van der Waals surface area contributed by atoms with E-state index in [4.69, 9.17) is 5.26 Å². The topological polar surface area (TPSA) is 56.5 Å². The fraction of sp³-hybridized carbons (Fsp3) is 0.154. The summed E-state index contributed by atoms with van der Waals surface area (Å²) in [6.45, 7) is 1.79. The number of rotatable bonds is 1. The van der Waals surface area contributed by atoms with Crippen molar-refractivity contribution in [3.8, 4) is 6.07 Å². The molecule has 1 aliphatic rings. The monoisotopic (exact) mass is 225 g/mol. The maximum absolute atomic E-state index is 12.1. The highest BCUT2D eigenvalue weighted by atomic mass is 16.2. The second-order valence-corrected chi connectivity index (χ2v) is 3.69. The summed E-state index contributed by atoms with van der Waals surface area (Å²) in [7, 11) is 0. The quantitative estimate of drug-likeness (QED) is 0.733. The van der Waals surface area contributed by atoms with Gasteiger partial charge in [0.1, 0.15) is 0 Å². The Labute approximate surface area is 99.5 Å². The highest BCUT2D eigenvalue weighted by molar-refractivity contribution is 5.99. The van der Waals surface area contributed by atoms with Crippen LogP contribution in [-0.4, -0.2) is 22.7 Å². The van der Waals surface area contributed by atoms with E-state index in [1.807, 2.05) is 12.1 Å². The molecule has 0 aliphatic carbocycles. The second kappa shape index (κ2) is 4.62. The summed E-state index contributed by atoms with van der Waals surface area (Å²) in [6.07, 6.45) is 3.41. The van der Waals surface area contributed by atoms with Crippen LogP contribution in [0.3, 0.4) is 0 Å². The van der Waals surface area contributed by atoms with Gasteiger partial charge in [0.05, 0.1) is 11.8 Å². The van der Waals surface area contributed by atoms with Gasteiger partial charge < -0.3 is 0 Å². The van der Waals surface area contributed by atoms with E-state index in [0.29, 0.717) is 11.3 Å². The van der Waals surface area contributed by atoms with Gasteiger partial charge in [0.25, 0.3) is 5.91 Å². The van der Waals surface area contributed by atoms with Crippen LogP contribution in [0.2, 0.25) is 0 Å². The predicted molar refractivity (Wildman–Crippen MR) is 64.3 cm³/mol. The van der Waals surface area contributed by atoms with E-state index in [9.17, 15) is 4.79 Å².